The highest BCUT2D eigenvalue weighted by Gasteiger charge is 2.06. The van der Waals surface area contributed by atoms with E-state index in [1.807, 2.05) is 48.5 Å². The van der Waals surface area contributed by atoms with Crippen LogP contribution in [-0.4, -0.2) is 20.2 Å². The van der Waals surface area contributed by atoms with Gasteiger partial charge >= 0.3 is 5.97 Å². The van der Waals surface area contributed by atoms with Crippen molar-refractivity contribution in [1.82, 2.24) is 0 Å². The molecule has 0 unspecified atom stereocenters. The van der Waals surface area contributed by atoms with Gasteiger partial charge in [-0.3, -0.25) is 4.79 Å². The molecule has 3 nitrogen and oxygen atoms in total. The Morgan fingerprint density at radius 3 is 2.32 bits per heavy atom. The summed E-state index contributed by atoms with van der Waals surface area (Å²) >= 11 is 0. The lowest BCUT2D eigenvalue weighted by atomic mass is 10.0. The minimum absolute atomic E-state index is 0.231. The number of ether oxygens (including phenoxy) is 2. The smallest absolute Gasteiger partial charge is 0.309 e. The summed E-state index contributed by atoms with van der Waals surface area (Å²) in [7, 11) is 3.05. The van der Waals surface area contributed by atoms with Gasteiger partial charge in [-0.15, -0.1) is 0 Å². The zero-order valence-electron chi connectivity index (χ0n) is 11.1. The van der Waals surface area contributed by atoms with E-state index in [1.165, 1.54) is 7.11 Å². The van der Waals surface area contributed by atoms with Crippen molar-refractivity contribution in [2.45, 2.75) is 6.42 Å². The monoisotopic (exact) mass is 256 g/mol. The van der Waals surface area contributed by atoms with Gasteiger partial charge in [-0.1, -0.05) is 42.5 Å². The molecule has 0 saturated heterocycles. The Kier molecular flexibility index (Phi) is 4.18. The average molecular weight is 256 g/mol. The topological polar surface area (TPSA) is 35.5 Å². The van der Waals surface area contributed by atoms with Gasteiger partial charge < -0.3 is 9.47 Å². The largest absolute Gasteiger partial charge is 0.496 e. The number of esters is 1. The van der Waals surface area contributed by atoms with Gasteiger partial charge in [0, 0.05) is 5.56 Å². The summed E-state index contributed by atoms with van der Waals surface area (Å²) in [5, 5.41) is 0. The van der Waals surface area contributed by atoms with Crippen LogP contribution in [0.15, 0.2) is 48.5 Å². The summed E-state index contributed by atoms with van der Waals surface area (Å²) in [6, 6.07) is 15.7. The first-order valence-corrected chi connectivity index (χ1v) is 6.03. The van der Waals surface area contributed by atoms with Crippen molar-refractivity contribution in [3.8, 4) is 16.9 Å². The number of para-hydroxylation sites is 1. The van der Waals surface area contributed by atoms with Crippen LogP contribution in [0.1, 0.15) is 5.56 Å². The van der Waals surface area contributed by atoms with Crippen LogP contribution in [0.3, 0.4) is 0 Å². The molecule has 0 aliphatic rings. The molecule has 0 bridgehead atoms. The minimum atomic E-state index is -0.231. The molecule has 0 aromatic heterocycles. The summed E-state index contributed by atoms with van der Waals surface area (Å²) in [6.07, 6.45) is 0.294. The van der Waals surface area contributed by atoms with Gasteiger partial charge in [0.05, 0.1) is 20.6 Å². The Hall–Kier alpha value is -2.29. The van der Waals surface area contributed by atoms with Crippen LogP contribution >= 0.6 is 0 Å². The molecule has 0 N–H and O–H groups in total. The highest BCUT2D eigenvalue weighted by Crippen LogP contribution is 2.29. The molecule has 0 aliphatic heterocycles. The molecule has 0 atom stereocenters. The Morgan fingerprint density at radius 2 is 1.68 bits per heavy atom. The van der Waals surface area contributed by atoms with Crippen molar-refractivity contribution in [2.24, 2.45) is 0 Å². The van der Waals surface area contributed by atoms with Gasteiger partial charge in [0.25, 0.3) is 0 Å². The predicted octanol–water partition coefficient (Wildman–Crippen LogP) is 3.08. The summed E-state index contributed by atoms with van der Waals surface area (Å²) < 4.78 is 9.98. The van der Waals surface area contributed by atoms with Gasteiger partial charge in [0.15, 0.2) is 0 Å². The zero-order valence-corrected chi connectivity index (χ0v) is 11.1. The summed E-state index contributed by atoms with van der Waals surface area (Å²) in [4.78, 5) is 11.2. The lowest BCUT2D eigenvalue weighted by molar-refractivity contribution is -0.139. The van der Waals surface area contributed by atoms with E-state index in [4.69, 9.17) is 4.74 Å². The van der Waals surface area contributed by atoms with Gasteiger partial charge in [-0.2, -0.15) is 0 Å². The van der Waals surface area contributed by atoms with E-state index in [9.17, 15) is 4.79 Å². The first-order chi connectivity index (χ1) is 9.24. The maximum Gasteiger partial charge on any atom is 0.309 e. The van der Waals surface area contributed by atoms with Crippen LogP contribution in [0.2, 0.25) is 0 Å². The molecule has 0 radical (unpaired) electrons. The number of carbonyl (C=O) groups excluding carboxylic acids is 1. The van der Waals surface area contributed by atoms with E-state index in [-0.39, 0.29) is 5.97 Å². The molecular formula is C16H16O3. The van der Waals surface area contributed by atoms with Gasteiger partial charge in [0.1, 0.15) is 5.75 Å². The van der Waals surface area contributed by atoms with Crippen LogP contribution in [0.4, 0.5) is 0 Å². The molecule has 0 fully saturated rings. The Balaban J connectivity index is 2.25. The lowest BCUT2D eigenvalue weighted by Crippen LogP contribution is -2.04. The van der Waals surface area contributed by atoms with E-state index in [0.717, 1.165) is 22.4 Å². The van der Waals surface area contributed by atoms with Gasteiger partial charge in [-0.25, -0.2) is 0 Å². The van der Waals surface area contributed by atoms with E-state index in [1.54, 1.807) is 7.11 Å². The highest BCUT2D eigenvalue weighted by molar-refractivity contribution is 5.74. The number of hydrogen-bond donors (Lipinski definition) is 0. The van der Waals surface area contributed by atoms with Crippen LogP contribution in [0.25, 0.3) is 11.1 Å². The normalized spacial score (nSPS) is 10.0. The number of hydrogen-bond acceptors (Lipinski definition) is 3. The number of methoxy groups -OCH3 is 2. The second kappa shape index (κ2) is 6.05. The first kappa shape index (κ1) is 13.1. The molecule has 98 valence electrons. The summed E-state index contributed by atoms with van der Waals surface area (Å²) in [5.74, 6) is 0.605. The SMILES string of the molecule is COC(=O)Cc1ccc(-c2ccccc2OC)cc1. The number of carbonyl (C=O) groups is 1. The molecule has 0 spiro atoms. The summed E-state index contributed by atoms with van der Waals surface area (Å²) in [5.41, 5.74) is 3.03. The Bertz CT molecular complexity index is 558. The standard InChI is InChI=1S/C16H16O3/c1-18-15-6-4-3-5-14(15)13-9-7-12(8-10-13)11-16(17)19-2/h3-10H,11H2,1-2H3. The van der Waals surface area contributed by atoms with Crippen LogP contribution in [0, 0.1) is 0 Å². The molecule has 3 heteroatoms. The third-order valence-electron chi connectivity index (χ3n) is 2.95. The number of rotatable bonds is 4. The Morgan fingerprint density at radius 1 is 1.00 bits per heavy atom. The van der Waals surface area contributed by atoms with Crippen molar-refractivity contribution in [3.63, 3.8) is 0 Å². The molecule has 0 aliphatic carbocycles. The molecule has 0 amide bonds. The third-order valence-corrected chi connectivity index (χ3v) is 2.95. The lowest BCUT2D eigenvalue weighted by Gasteiger charge is -2.08. The first-order valence-electron chi connectivity index (χ1n) is 6.03. The van der Waals surface area contributed by atoms with Crippen LogP contribution in [0.5, 0.6) is 5.75 Å². The molecule has 2 aromatic carbocycles. The van der Waals surface area contributed by atoms with E-state index >= 15 is 0 Å². The predicted molar refractivity (Wildman–Crippen MR) is 74.2 cm³/mol. The fraction of sp³-hybridized carbons (Fsp3) is 0.188. The highest BCUT2D eigenvalue weighted by atomic mass is 16.5. The van der Waals surface area contributed by atoms with Gasteiger partial charge in [-0.05, 0) is 17.2 Å². The maximum atomic E-state index is 11.2. The maximum absolute atomic E-state index is 11.2. The zero-order chi connectivity index (χ0) is 13.7. The Labute approximate surface area is 112 Å². The van der Waals surface area contributed by atoms with E-state index in [0.29, 0.717) is 6.42 Å². The second-order valence-corrected chi connectivity index (χ2v) is 4.15. The van der Waals surface area contributed by atoms with E-state index in [2.05, 4.69) is 4.74 Å². The molecule has 2 rings (SSSR count). The molecule has 0 heterocycles. The van der Waals surface area contributed by atoms with Crippen molar-refractivity contribution < 1.29 is 14.3 Å². The van der Waals surface area contributed by atoms with Crippen LogP contribution in [-0.2, 0) is 16.0 Å². The number of benzene rings is 2. The van der Waals surface area contributed by atoms with Crippen molar-refractivity contribution >= 4 is 5.97 Å². The van der Waals surface area contributed by atoms with Crippen molar-refractivity contribution in [2.75, 3.05) is 14.2 Å². The van der Waals surface area contributed by atoms with Crippen LogP contribution < -0.4 is 4.74 Å². The quantitative estimate of drug-likeness (QED) is 0.789. The molecule has 0 saturated carbocycles. The fourth-order valence-electron chi connectivity index (χ4n) is 1.92. The third kappa shape index (κ3) is 3.13. The van der Waals surface area contributed by atoms with E-state index < -0.39 is 0 Å². The minimum Gasteiger partial charge on any atom is -0.496 e. The second-order valence-electron chi connectivity index (χ2n) is 4.15. The average Bonchev–Trinajstić information content (AvgIpc) is 2.48. The molecule has 2 aromatic rings. The van der Waals surface area contributed by atoms with Crippen molar-refractivity contribution in [3.05, 3.63) is 54.1 Å². The molecule has 19 heavy (non-hydrogen) atoms. The van der Waals surface area contributed by atoms with Gasteiger partial charge in [0.2, 0.25) is 0 Å². The summed E-state index contributed by atoms with van der Waals surface area (Å²) in [6.45, 7) is 0. The molecular weight excluding hydrogens is 240 g/mol. The van der Waals surface area contributed by atoms with Crippen molar-refractivity contribution in [1.29, 1.82) is 0 Å². The fourth-order valence-corrected chi connectivity index (χ4v) is 1.92.